The Morgan fingerprint density at radius 2 is 1.88 bits per heavy atom. The van der Waals surface area contributed by atoms with Crippen molar-refractivity contribution in [2.75, 3.05) is 0 Å². The van der Waals surface area contributed by atoms with Crippen molar-refractivity contribution in [2.45, 2.75) is 46.1 Å². The van der Waals surface area contributed by atoms with E-state index < -0.39 is 0 Å². The Labute approximate surface area is 101 Å². The molecule has 0 aliphatic heterocycles. The smallest absolute Gasteiger partial charge is 0.0945 e. The van der Waals surface area contributed by atoms with E-state index in [1.165, 1.54) is 18.0 Å². The third kappa shape index (κ3) is 2.43. The van der Waals surface area contributed by atoms with E-state index in [4.69, 9.17) is 0 Å². The minimum absolute atomic E-state index is 0.356. The van der Waals surface area contributed by atoms with Crippen molar-refractivity contribution in [1.29, 1.82) is 0 Å². The first-order valence-electron chi connectivity index (χ1n) is 6.04. The molecule has 4 heteroatoms. The number of aliphatic hydroxyl groups excluding tert-OH is 1. The lowest BCUT2D eigenvalue weighted by Gasteiger charge is -2.33. The van der Waals surface area contributed by atoms with Crippen molar-refractivity contribution >= 4 is 11.5 Å². The highest BCUT2D eigenvalue weighted by molar-refractivity contribution is 7.05. The van der Waals surface area contributed by atoms with Gasteiger partial charge in [-0.2, -0.15) is 0 Å². The van der Waals surface area contributed by atoms with Gasteiger partial charge in [-0.3, -0.25) is 0 Å². The summed E-state index contributed by atoms with van der Waals surface area (Å²) in [4.78, 5) is 0.964. The standard InChI is InChI=1S/C12H20N2OS/c1-7-4-8(2)6-10(5-7)11(15)12-9(3)13-14-16-12/h7-8,10-11,15H,4-6H2,1-3H3. The zero-order valence-electron chi connectivity index (χ0n) is 10.2. The quantitative estimate of drug-likeness (QED) is 0.864. The van der Waals surface area contributed by atoms with Crippen LogP contribution in [0.3, 0.4) is 0 Å². The normalized spacial score (nSPS) is 32.6. The molecule has 0 aromatic carbocycles. The van der Waals surface area contributed by atoms with Crippen LogP contribution in [-0.2, 0) is 0 Å². The number of aliphatic hydroxyl groups is 1. The van der Waals surface area contributed by atoms with Crippen molar-refractivity contribution in [2.24, 2.45) is 17.8 Å². The Morgan fingerprint density at radius 3 is 2.38 bits per heavy atom. The molecule has 0 amide bonds. The molecule has 1 aromatic rings. The van der Waals surface area contributed by atoms with Crippen LogP contribution in [0, 0.1) is 24.7 Å². The van der Waals surface area contributed by atoms with E-state index in [1.807, 2.05) is 6.92 Å². The van der Waals surface area contributed by atoms with Crippen LogP contribution in [0.2, 0.25) is 0 Å². The van der Waals surface area contributed by atoms with Gasteiger partial charge in [0.05, 0.1) is 16.7 Å². The number of aryl methyl sites for hydroxylation is 1. The fourth-order valence-electron chi connectivity index (χ4n) is 2.99. The first kappa shape index (κ1) is 12.0. The third-order valence-corrected chi connectivity index (χ3v) is 4.51. The summed E-state index contributed by atoms with van der Waals surface area (Å²) in [6, 6.07) is 0. The summed E-state index contributed by atoms with van der Waals surface area (Å²) in [6.07, 6.45) is 3.19. The molecule has 1 saturated carbocycles. The average molecular weight is 240 g/mol. The van der Waals surface area contributed by atoms with Crippen LogP contribution >= 0.6 is 11.5 Å². The number of hydrogen-bond acceptors (Lipinski definition) is 4. The van der Waals surface area contributed by atoms with Crippen LogP contribution in [0.15, 0.2) is 0 Å². The first-order valence-corrected chi connectivity index (χ1v) is 6.82. The summed E-state index contributed by atoms with van der Waals surface area (Å²) >= 11 is 1.34. The summed E-state index contributed by atoms with van der Waals surface area (Å²) in [5.41, 5.74) is 0.892. The van der Waals surface area contributed by atoms with Crippen LogP contribution in [0.5, 0.6) is 0 Å². The van der Waals surface area contributed by atoms with Crippen molar-refractivity contribution in [1.82, 2.24) is 9.59 Å². The fraction of sp³-hybridized carbons (Fsp3) is 0.833. The Hall–Kier alpha value is -0.480. The minimum atomic E-state index is -0.356. The molecule has 1 N–H and O–H groups in total. The summed E-state index contributed by atoms with van der Waals surface area (Å²) in [5.74, 6) is 1.84. The van der Waals surface area contributed by atoms with Crippen molar-refractivity contribution < 1.29 is 5.11 Å². The molecule has 1 heterocycles. The summed E-state index contributed by atoms with van der Waals surface area (Å²) < 4.78 is 3.91. The topological polar surface area (TPSA) is 46.0 Å². The molecule has 1 aliphatic carbocycles. The second kappa shape index (κ2) is 4.80. The highest BCUT2D eigenvalue weighted by atomic mass is 32.1. The number of hydrogen-bond donors (Lipinski definition) is 1. The number of rotatable bonds is 2. The van der Waals surface area contributed by atoms with Gasteiger partial charge in [0.25, 0.3) is 0 Å². The predicted octanol–water partition coefficient (Wildman–Crippen LogP) is 2.95. The minimum Gasteiger partial charge on any atom is -0.387 e. The fourth-order valence-corrected chi connectivity index (χ4v) is 3.71. The molecule has 0 spiro atoms. The first-order chi connectivity index (χ1) is 7.58. The van der Waals surface area contributed by atoms with E-state index >= 15 is 0 Å². The highest BCUT2D eigenvalue weighted by Crippen LogP contribution is 2.40. The van der Waals surface area contributed by atoms with Crippen molar-refractivity contribution in [3.05, 3.63) is 10.6 Å². The lowest BCUT2D eigenvalue weighted by Crippen LogP contribution is -2.24. The van der Waals surface area contributed by atoms with Gasteiger partial charge in [0.1, 0.15) is 0 Å². The Kier molecular flexibility index (Phi) is 3.60. The summed E-state index contributed by atoms with van der Waals surface area (Å²) in [5, 5.41) is 14.4. The highest BCUT2D eigenvalue weighted by Gasteiger charge is 2.31. The van der Waals surface area contributed by atoms with E-state index in [0.717, 1.165) is 35.2 Å². The average Bonchev–Trinajstić information content (AvgIpc) is 2.62. The molecule has 3 nitrogen and oxygen atoms in total. The van der Waals surface area contributed by atoms with Gasteiger partial charge in [-0.1, -0.05) is 18.3 Å². The zero-order valence-corrected chi connectivity index (χ0v) is 11.0. The molecule has 0 bridgehead atoms. The lowest BCUT2D eigenvalue weighted by molar-refractivity contribution is 0.0571. The van der Waals surface area contributed by atoms with Crippen LogP contribution in [0.25, 0.3) is 0 Å². The van der Waals surface area contributed by atoms with Gasteiger partial charge >= 0.3 is 0 Å². The van der Waals surface area contributed by atoms with Crippen LogP contribution in [0.4, 0.5) is 0 Å². The van der Waals surface area contributed by atoms with Gasteiger partial charge in [-0.05, 0) is 55.5 Å². The Bertz CT molecular complexity index is 343. The van der Waals surface area contributed by atoms with Gasteiger partial charge < -0.3 is 5.11 Å². The monoisotopic (exact) mass is 240 g/mol. The molecule has 2 rings (SSSR count). The maximum Gasteiger partial charge on any atom is 0.0945 e. The van der Waals surface area contributed by atoms with E-state index in [2.05, 4.69) is 23.4 Å². The van der Waals surface area contributed by atoms with Gasteiger partial charge in [0.15, 0.2) is 0 Å². The molecule has 3 unspecified atom stereocenters. The molecular formula is C12H20N2OS. The molecule has 90 valence electrons. The van der Waals surface area contributed by atoms with E-state index in [1.54, 1.807) is 0 Å². The maximum absolute atomic E-state index is 10.4. The van der Waals surface area contributed by atoms with Gasteiger partial charge in [0.2, 0.25) is 0 Å². The number of aromatic nitrogens is 2. The van der Waals surface area contributed by atoms with Crippen LogP contribution in [-0.4, -0.2) is 14.7 Å². The maximum atomic E-state index is 10.4. The molecule has 1 aliphatic rings. The van der Waals surface area contributed by atoms with Crippen molar-refractivity contribution in [3.8, 4) is 0 Å². The van der Waals surface area contributed by atoms with E-state index in [9.17, 15) is 5.11 Å². The third-order valence-electron chi connectivity index (χ3n) is 3.62. The summed E-state index contributed by atoms with van der Waals surface area (Å²) in [7, 11) is 0. The molecule has 16 heavy (non-hydrogen) atoms. The number of nitrogens with zero attached hydrogens (tertiary/aromatic N) is 2. The zero-order chi connectivity index (χ0) is 11.7. The largest absolute Gasteiger partial charge is 0.387 e. The molecule has 0 saturated heterocycles. The van der Waals surface area contributed by atoms with Gasteiger partial charge in [-0.15, -0.1) is 5.10 Å². The second-order valence-corrected chi connectivity index (χ2v) is 6.13. The van der Waals surface area contributed by atoms with Crippen molar-refractivity contribution in [3.63, 3.8) is 0 Å². The van der Waals surface area contributed by atoms with E-state index in [-0.39, 0.29) is 6.10 Å². The lowest BCUT2D eigenvalue weighted by atomic mass is 9.74. The van der Waals surface area contributed by atoms with Crippen LogP contribution in [0.1, 0.15) is 49.8 Å². The Morgan fingerprint density at radius 1 is 1.25 bits per heavy atom. The molecular weight excluding hydrogens is 220 g/mol. The SMILES string of the molecule is Cc1nnsc1C(O)C1CC(C)CC(C)C1. The Balaban J connectivity index is 2.10. The predicted molar refractivity (Wildman–Crippen MR) is 65.3 cm³/mol. The van der Waals surface area contributed by atoms with Crippen LogP contribution < -0.4 is 0 Å². The van der Waals surface area contributed by atoms with Gasteiger partial charge in [-0.25, -0.2) is 0 Å². The molecule has 1 aromatic heterocycles. The van der Waals surface area contributed by atoms with E-state index in [0.29, 0.717) is 5.92 Å². The second-order valence-electron chi connectivity index (χ2n) is 5.34. The summed E-state index contributed by atoms with van der Waals surface area (Å²) in [6.45, 7) is 6.50. The molecule has 1 fully saturated rings. The molecule has 3 atom stereocenters. The molecule has 0 radical (unpaired) electrons. The van der Waals surface area contributed by atoms with Gasteiger partial charge in [0, 0.05) is 0 Å².